The molecule has 0 radical (unpaired) electrons. The third kappa shape index (κ3) is 4.08. The van der Waals surface area contributed by atoms with Crippen molar-refractivity contribution in [2.75, 3.05) is 0 Å². The van der Waals surface area contributed by atoms with E-state index in [1.807, 2.05) is 30.3 Å². The fraction of sp³-hybridized carbons (Fsp3) is 0.0667. The number of rotatable bonds is 4. The van der Waals surface area contributed by atoms with Crippen molar-refractivity contribution in [3.8, 4) is 0 Å². The number of benzene rings is 2. The summed E-state index contributed by atoms with van der Waals surface area (Å²) in [6, 6.07) is 14.7. The Labute approximate surface area is 127 Å². The summed E-state index contributed by atoms with van der Waals surface area (Å²) < 4.78 is 0. The topological polar surface area (TPSA) is 41.5 Å². The van der Waals surface area contributed by atoms with Crippen LogP contribution in [0.15, 0.2) is 53.6 Å². The Bertz CT molecular complexity index is 627. The van der Waals surface area contributed by atoms with Crippen LogP contribution in [0.1, 0.15) is 11.1 Å². The van der Waals surface area contributed by atoms with E-state index in [0.717, 1.165) is 5.56 Å². The molecule has 3 nitrogen and oxygen atoms in total. The van der Waals surface area contributed by atoms with Crippen LogP contribution in [0.5, 0.6) is 0 Å². The second kappa shape index (κ2) is 7.08. The van der Waals surface area contributed by atoms with Gasteiger partial charge in [0.1, 0.15) is 0 Å². The molecule has 0 heterocycles. The lowest BCUT2D eigenvalue weighted by molar-refractivity contribution is -0.120. The summed E-state index contributed by atoms with van der Waals surface area (Å²) >= 11 is 11.9. The molecule has 0 aliphatic heterocycles. The fourth-order valence-corrected chi connectivity index (χ4v) is 1.97. The molecule has 102 valence electrons. The number of carbonyl (C=O) groups is 1. The van der Waals surface area contributed by atoms with Crippen LogP contribution in [0.3, 0.4) is 0 Å². The highest BCUT2D eigenvalue weighted by Crippen LogP contribution is 2.23. The zero-order valence-electron chi connectivity index (χ0n) is 10.5. The lowest BCUT2D eigenvalue weighted by atomic mass is 10.1. The highest BCUT2D eigenvalue weighted by atomic mass is 35.5. The smallest absolute Gasteiger partial charge is 0.244 e. The molecule has 0 aromatic heterocycles. The monoisotopic (exact) mass is 306 g/mol. The molecule has 0 aliphatic carbocycles. The number of halogens is 2. The second-order valence-electron chi connectivity index (χ2n) is 4.10. The van der Waals surface area contributed by atoms with E-state index in [1.165, 1.54) is 6.21 Å². The van der Waals surface area contributed by atoms with Crippen LogP contribution < -0.4 is 5.43 Å². The van der Waals surface area contributed by atoms with Gasteiger partial charge in [0.2, 0.25) is 5.91 Å². The third-order valence-corrected chi connectivity index (χ3v) is 3.42. The molecular formula is C15H12Cl2N2O. The number of hydrazone groups is 1. The van der Waals surface area contributed by atoms with Crippen LogP contribution in [0, 0.1) is 0 Å². The number of hydrogen-bond acceptors (Lipinski definition) is 2. The van der Waals surface area contributed by atoms with Crippen LogP contribution in [-0.2, 0) is 11.2 Å². The van der Waals surface area contributed by atoms with Crippen molar-refractivity contribution in [1.29, 1.82) is 0 Å². The second-order valence-corrected chi connectivity index (χ2v) is 4.88. The highest BCUT2D eigenvalue weighted by Gasteiger charge is 2.03. The number of carbonyl (C=O) groups excluding carboxylic acids is 1. The van der Waals surface area contributed by atoms with E-state index in [9.17, 15) is 4.79 Å². The van der Waals surface area contributed by atoms with Crippen molar-refractivity contribution in [1.82, 2.24) is 5.43 Å². The minimum Gasteiger partial charge on any atom is -0.273 e. The largest absolute Gasteiger partial charge is 0.273 e. The maximum absolute atomic E-state index is 11.7. The van der Waals surface area contributed by atoms with Crippen molar-refractivity contribution in [2.24, 2.45) is 5.10 Å². The molecule has 0 aliphatic rings. The summed E-state index contributed by atoms with van der Waals surface area (Å²) in [4.78, 5) is 11.7. The van der Waals surface area contributed by atoms with E-state index in [1.54, 1.807) is 18.2 Å². The number of amides is 1. The van der Waals surface area contributed by atoms with Gasteiger partial charge < -0.3 is 0 Å². The average Bonchev–Trinajstić information content (AvgIpc) is 2.44. The van der Waals surface area contributed by atoms with Crippen molar-refractivity contribution in [2.45, 2.75) is 6.42 Å². The molecule has 2 rings (SSSR count). The maximum Gasteiger partial charge on any atom is 0.244 e. The fourth-order valence-electron chi connectivity index (χ4n) is 1.61. The molecule has 0 saturated carbocycles. The number of nitrogens with one attached hydrogen (secondary N) is 1. The van der Waals surface area contributed by atoms with Gasteiger partial charge in [-0.2, -0.15) is 5.10 Å². The third-order valence-electron chi connectivity index (χ3n) is 2.58. The van der Waals surface area contributed by atoms with E-state index in [2.05, 4.69) is 10.5 Å². The standard InChI is InChI=1S/C15H12Cl2N2O/c16-13-8-4-7-12(15(13)17)10-18-19-14(20)9-11-5-2-1-3-6-11/h1-8,10H,9H2,(H,19,20). The van der Waals surface area contributed by atoms with E-state index >= 15 is 0 Å². The van der Waals surface area contributed by atoms with E-state index in [4.69, 9.17) is 23.2 Å². The first kappa shape index (κ1) is 14.6. The lowest BCUT2D eigenvalue weighted by Crippen LogP contribution is -2.19. The summed E-state index contributed by atoms with van der Waals surface area (Å²) in [6.07, 6.45) is 1.75. The van der Waals surface area contributed by atoms with Crippen molar-refractivity contribution >= 4 is 35.3 Å². The Balaban J connectivity index is 1.93. The summed E-state index contributed by atoms with van der Waals surface area (Å²) in [5.41, 5.74) is 4.04. The molecule has 2 aromatic rings. The molecule has 0 fully saturated rings. The summed E-state index contributed by atoms with van der Waals surface area (Å²) in [7, 11) is 0. The first-order chi connectivity index (χ1) is 9.66. The highest BCUT2D eigenvalue weighted by molar-refractivity contribution is 6.43. The van der Waals surface area contributed by atoms with E-state index < -0.39 is 0 Å². The first-order valence-electron chi connectivity index (χ1n) is 5.96. The van der Waals surface area contributed by atoms with Crippen LogP contribution >= 0.6 is 23.2 Å². The lowest BCUT2D eigenvalue weighted by Gasteiger charge is -2.01. The Hall–Kier alpha value is -1.84. The van der Waals surface area contributed by atoms with Crippen LogP contribution in [-0.4, -0.2) is 12.1 Å². The van der Waals surface area contributed by atoms with Gasteiger partial charge in [-0.25, -0.2) is 5.43 Å². The minimum atomic E-state index is -0.189. The predicted octanol–water partition coefficient (Wildman–Crippen LogP) is 3.69. The van der Waals surface area contributed by atoms with Crippen molar-refractivity contribution in [3.05, 3.63) is 69.7 Å². The molecule has 1 N–H and O–H groups in total. The molecule has 0 bridgehead atoms. The first-order valence-corrected chi connectivity index (χ1v) is 6.72. The average molecular weight is 307 g/mol. The molecule has 1 amide bonds. The molecule has 0 atom stereocenters. The van der Waals surface area contributed by atoms with Crippen LogP contribution in [0.25, 0.3) is 0 Å². The molecule has 0 saturated heterocycles. The molecular weight excluding hydrogens is 295 g/mol. The molecule has 2 aromatic carbocycles. The molecule has 5 heteroatoms. The van der Waals surface area contributed by atoms with Crippen molar-refractivity contribution < 1.29 is 4.79 Å². The van der Waals surface area contributed by atoms with Crippen molar-refractivity contribution in [3.63, 3.8) is 0 Å². The van der Waals surface area contributed by atoms with Gasteiger partial charge in [0.05, 0.1) is 22.7 Å². The van der Waals surface area contributed by atoms with Gasteiger partial charge >= 0.3 is 0 Å². The molecule has 20 heavy (non-hydrogen) atoms. The van der Waals surface area contributed by atoms with E-state index in [0.29, 0.717) is 15.6 Å². The maximum atomic E-state index is 11.7. The van der Waals surface area contributed by atoms with Gasteiger partial charge in [0.25, 0.3) is 0 Å². The predicted molar refractivity (Wildman–Crippen MR) is 82.3 cm³/mol. The van der Waals surface area contributed by atoms with Gasteiger partial charge in [0, 0.05) is 5.56 Å². The van der Waals surface area contributed by atoms with E-state index in [-0.39, 0.29) is 12.3 Å². The Morgan fingerprint density at radius 2 is 1.85 bits per heavy atom. The normalized spacial score (nSPS) is 10.7. The summed E-state index contributed by atoms with van der Waals surface area (Å²) in [5, 5.41) is 4.73. The van der Waals surface area contributed by atoms with Gasteiger partial charge in [-0.3, -0.25) is 4.79 Å². The van der Waals surface area contributed by atoms with Gasteiger partial charge in [-0.05, 0) is 11.6 Å². The quantitative estimate of drug-likeness (QED) is 0.679. The van der Waals surface area contributed by atoms with Gasteiger partial charge in [0.15, 0.2) is 0 Å². The van der Waals surface area contributed by atoms with Crippen LogP contribution in [0.4, 0.5) is 0 Å². The van der Waals surface area contributed by atoms with Gasteiger partial charge in [-0.15, -0.1) is 0 Å². The summed E-state index contributed by atoms with van der Waals surface area (Å²) in [5.74, 6) is -0.189. The summed E-state index contributed by atoms with van der Waals surface area (Å²) in [6.45, 7) is 0. The minimum absolute atomic E-state index is 0.189. The molecule has 0 spiro atoms. The SMILES string of the molecule is O=C(Cc1ccccc1)NN=Cc1cccc(Cl)c1Cl. The Kier molecular flexibility index (Phi) is 5.16. The zero-order chi connectivity index (χ0) is 14.4. The Morgan fingerprint density at radius 1 is 1.10 bits per heavy atom. The number of hydrogen-bond donors (Lipinski definition) is 1. The number of nitrogens with zero attached hydrogens (tertiary/aromatic N) is 1. The zero-order valence-corrected chi connectivity index (χ0v) is 12.0. The van der Waals surface area contributed by atoms with Crippen LogP contribution in [0.2, 0.25) is 10.0 Å². The van der Waals surface area contributed by atoms with Gasteiger partial charge in [-0.1, -0.05) is 65.7 Å². The Morgan fingerprint density at radius 3 is 2.60 bits per heavy atom. The molecule has 0 unspecified atom stereocenters.